The number of carbonyl (C=O) groups is 1. The molecule has 6 heteroatoms. The van der Waals surface area contributed by atoms with E-state index < -0.39 is 0 Å². The summed E-state index contributed by atoms with van der Waals surface area (Å²) in [6.07, 6.45) is 2.72. The molecule has 34 heavy (non-hydrogen) atoms. The summed E-state index contributed by atoms with van der Waals surface area (Å²) in [6.45, 7) is 2.77. The average Bonchev–Trinajstić information content (AvgIpc) is 3.26. The number of aromatic nitrogens is 2. The van der Waals surface area contributed by atoms with Crippen molar-refractivity contribution in [3.8, 4) is 0 Å². The van der Waals surface area contributed by atoms with Gasteiger partial charge in [-0.1, -0.05) is 54.6 Å². The summed E-state index contributed by atoms with van der Waals surface area (Å²) in [5, 5.41) is 3.03. The quantitative estimate of drug-likeness (QED) is 0.428. The number of halogens is 1. The number of aryl methyl sites for hydroxylation is 2. The molecule has 0 unspecified atom stereocenters. The van der Waals surface area contributed by atoms with Crippen LogP contribution in [0.4, 0.5) is 10.3 Å². The van der Waals surface area contributed by atoms with Crippen molar-refractivity contribution in [2.24, 2.45) is 5.92 Å². The molecule has 1 fully saturated rings. The minimum Gasteiger partial charge on any atom is -0.352 e. The number of piperidine rings is 1. The normalized spacial score (nSPS) is 16.0. The van der Waals surface area contributed by atoms with Crippen LogP contribution in [0, 0.1) is 11.7 Å². The molecule has 0 bridgehead atoms. The molecule has 1 amide bonds. The molecule has 0 aliphatic carbocycles. The van der Waals surface area contributed by atoms with Crippen LogP contribution in [0.5, 0.6) is 0 Å². The van der Waals surface area contributed by atoms with Gasteiger partial charge in [-0.15, -0.1) is 0 Å². The van der Waals surface area contributed by atoms with Gasteiger partial charge in [0.25, 0.3) is 0 Å². The highest BCUT2D eigenvalue weighted by Crippen LogP contribution is 2.27. The Bertz CT molecular complexity index is 1250. The number of anilines is 1. The molecule has 3 aromatic carbocycles. The van der Waals surface area contributed by atoms with Gasteiger partial charge >= 0.3 is 0 Å². The number of para-hydroxylation sites is 2. The summed E-state index contributed by atoms with van der Waals surface area (Å²) in [5.41, 5.74) is 4.29. The Morgan fingerprint density at radius 3 is 2.56 bits per heavy atom. The molecule has 1 N–H and O–H groups in total. The third kappa shape index (κ3) is 4.96. The second kappa shape index (κ2) is 10.1. The van der Waals surface area contributed by atoms with Crippen molar-refractivity contribution in [1.82, 2.24) is 14.9 Å². The molecule has 5 rings (SSSR count). The first kappa shape index (κ1) is 22.1. The van der Waals surface area contributed by atoms with Crippen LogP contribution in [-0.2, 0) is 24.3 Å². The Balaban J connectivity index is 1.31. The Morgan fingerprint density at radius 1 is 0.971 bits per heavy atom. The first-order valence-electron chi connectivity index (χ1n) is 11.9. The Labute approximate surface area is 199 Å². The summed E-state index contributed by atoms with van der Waals surface area (Å²) >= 11 is 0. The molecule has 1 aliphatic heterocycles. The van der Waals surface area contributed by atoms with Crippen LogP contribution >= 0.6 is 0 Å². The van der Waals surface area contributed by atoms with Crippen LogP contribution in [0.1, 0.15) is 24.0 Å². The first-order valence-corrected chi connectivity index (χ1v) is 11.9. The van der Waals surface area contributed by atoms with E-state index in [1.807, 2.05) is 12.1 Å². The van der Waals surface area contributed by atoms with Crippen LogP contribution < -0.4 is 10.2 Å². The lowest BCUT2D eigenvalue weighted by Crippen LogP contribution is -2.43. The van der Waals surface area contributed by atoms with E-state index in [1.54, 1.807) is 12.1 Å². The van der Waals surface area contributed by atoms with Crippen LogP contribution in [-0.4, -0.2) is 28.5 Å². The summed E-state index contributed by atoms with van der Waals surface area (Å²) in [6, 6.07) is 25.0. The summed E-state index contributed by atoms with van der Waals surface area (Å²) in [4.78, 5) is 20.2. The fourth-order valence-corrected chi connectivity index (χ4v) is 4.72. The van der Waals surface area contributed by atoms with E-state index >= 15 is 0 Å². The lowest BCUT2D eigenvalue weighted by atomic mass is 9.97. The molecule has 1 saturated heterocycles. The monoisotopic (exact) mass is 456 g/mol. The summed E-state index contributed by atoms with van der Waals surface area (Å²) in [7, 11) is 0. The Hall–Kier alpha value is -3.67. The van der Waals surface area contributed by atoms with Gasteiger partial charge in [0.1, 0.15) is 5.82 Å². The number of hydrogen-bond donors (Lipinski definition) is 1. The second-order valence-electron chi connectivity index (χ2n) is 8.92. The van der Waals surface area contributed by atoms with Gasteiger partial charge in [0, 0.05) is 26.2 Å². The SMILES string of the molecule is O=C(NCc1ccc(F)cc1)[C@@H]1CCCN(c2nc3ccccc3n2CCc2ccccc2)C1. The van der Waals surface area contributed by atoms with E-state index in [4.69, 9.17) is 4.98 Å². The molecule has 2 heterocycles. The van der Waals surface area contributed by atoms with Gasteiger partial charge in [-0.05, 0) is 54.7 Å². The van der Waals surface area contributed by atoms with E-state index in [2.05, 4.69) is 57.2 Å². The van der Waals surface area contributed by atoms with Gasteiger partial charge in [0.05, 0.1) is 17.0 Å². The molecular formula is C28H29FN4O. The lowest BCUT2D eigenvalue weighted by molar-refractivity contribution is -0.125. The number of nitrogens with zero attached hydrogens (tertiary/aromatic N) is 3. The minimum atomic E-state index is -0.270. The molecule has 5 nitrogen and oxygen atoms in total. The highest BCUT2D eigenvalue weighted by atomic mass is 19.1. The Kier molecular flexibility index (Phi) is 6.56. The zero-order chi connectivity index (χ0) is 23.3. The predicted octanol–water partition coefficient (Wildman–Crippen LogP) is 4.95. The van der Waals surface area contributed by atoms with Gasteiger partial charge in [-0.2, -0.15) is 0 Å². The van der Waals surface area contributed by atoms with Crippen molar-refractivity contribution < 1.29 is 9.18 Å². The van der Waals surface area contributed by atoms with E-state index in [-0.39, 0.29) is 17.6 Å². The largest absolute Gasteiger partial charge is 0.352 e. The number of carbonyl (C=O) groups excluding carboxylic acids is 1. The van der Waals surface area contributed by atoms with Gasteiger partial charge < -0.3 is 14.8 Å². The number of nitrogens with one attached hydrogen (secondary N) is 1. The van der Waals surface area contributed by atoms with Crippen LogP contribution in [0.3, 0.4) is 0 Å². The third-order valence-electron chi connectivity index (χ3n) is 6.56. The lowest BCUT2D eigenvalue weighted by Gasteiger charge is -2.33. The van der Waals surface area contributed by atoms with Crippen molar-refractivity contribution in [3.05, 3.63) is 95.8 Å². The number of rotatable bonds is 7. The maximum atomic E-state index is 13.1. The molecule has 0 spiro atoms. The smallest absolute Gasteiger partial charge is 0.225 e. The predicted molar refractivity (Wildman–Crippen MR) is 133 cm³/mol. The zero-order valence-corrected chi connectivity index (χ0v) is 19.2. The van der Waals surface area contributed by atoms with Crippen LogP contribution in [0.2, 0.25) is 0 Å². The maximum Gasteiger partial charge on any atom is 0.225 e. The van der Waals surface area contributed by atoms with E-state index in [9.17, 15) is 9.18 Å². The third-order valence-corrected chi connectivity index (χ3v) is 6.56. The minimum absolute atomic E-state index is 0.0426. The molecule has 1 aliphatic rings. The van der Waals surface area contributed by atoms with Gasteiger partial charge in [0.15, 0.2) is 0 Å². The summed E-state index contributed by atoms with van der Waals surface area (Å²) in [5.74, 6) is 0.610. The number of fused-ring (bicyclic) bond motifs is 1. The standard InChI is InChI=1S/C28H29FN4O/c29-24-14-12-22(13-15-24)19-30-27(34)23-9-6-17-32(20-23)28-31-25-10-4-5-11-26(25)33(28)18-16-21-7-2-1-3-8-21/h1-5,7-8,10-15,23H,6,9,16-20H2,(H,30,34)/t23-/m1/s1. The Morgan fingerprint density at radius 2 is 1.74 bits per heavy atom. The van der Waals surface area contributed by atoms with Crippen molar-refractivity contribution in [2.75, 3.05) is 18.0 Å². The summed E-state index contributed by atoms with van der Waals surface area (Å²) < 4.78 is 15.4. The second-order valence-corrected chi connectivity index (χ2v) is 8.92. The average molecular weight is 457 g/mol. The van der Waals surface area contributed by atoms with Crippen LogP contribution in [0.25, 0.3) is 11.0 Å². The van der Waals surface area contributed by atoms with Gasteiger partial charge in [-0.25, -0.2) is 9.37 Å². The van der Waals surface area contributed by atoms with Crippen molar-refractivity contribution in [2.45, 2.75) is 32.4 Å². The fourth-order valence-electron chi connectivity index (χ4n) is 4.72. The van der Waals surface area contributed by atoms with E-state index in [1.165, 1.54) is 17.7 Å². The van der Waals surface area contributed by atoms with E-state index in [0.717, 1.165) is 54.9 Å². The van der Waals surface area contributed by atoms with Gasteiger partial charge in [-0.3, -0.25) is 4.79 Å². The highest BCUT2D eigenvalue weighted by Gasteiger charge is 2.28. The first-order chi connectivity index (χ1) is 16.7. The van der Waals surface area contributed by atoms with Crippen molar-refractivity contribution in [1.29, 1.82) is 0 Å². The number of hydrogen-bond acceptors (Lipinski definition) is 3. The van der Waals surface area contributed by atoms with Crippen molar-refractivity contribution >= 4 is 22.9 Å². The fraction of sp³-hybridized carbons (Fsp3) is 0.286. The number of amides is 1. The van der Waals surface area contributed by atoms with Crippen molar-refractivity contribution in [3.63, 3.8) is 0 Å². The van der Waals surface area contributed by atoms with Gasteiger partial charge in [0.2, 0.25) is 11.9 Å². The van der Waals surface area contributed by atoms with E-state index in [0.29, 0.717) is 13.1 Å². The molecule has 174 valence electrons. The number of imidazole rings is 1. The number of benzene rings is 3. The molecular weight excluding hydrogens is 427 g/mol. The highest BCUT2D eigenvalue weighted by molar-refractivity contribution is 5.81. The zero-order valence-electron chi connectivity index (χ0n) is 19.2. The molecule has 4 aromatic rings. The maximum absolute atomic E-state index is 13.1. The van der Waals surface area contributed by atoms with Crippen LogP contribution in [0.15, 0.2) is 78.9 Å². The molecule has 0 saturated carbocycles. The molecule has 1 aromatic heterocycles. The topological polar surface area (TPSA) is 50.2 Å². The molecule has 1 atom stereocenters. The molecule has 0 radical (unpaired) electrons.